The van der Waals surface area contributed by atoms with E-state index in [1.165, 1.54) is 19.3 Å². The van der Waals surface area contributed by atoms with Crippen molar-refractivity contribution < 1.29 is 4.79 Å². The van der Waals surface area contributed by atoms with E-state index in [2.05, 4.69) is 24.9 Å². The van der Waals surface area contributed by atoms with E-state index >= 15 is 0 Å². The number of carbonyl (C=O) groups excluding carboxylic acids is 1. The van der Waals surface area contributed by atoms with Crippen LogP contribution in [0.25, 0.3) is 0 Å². The van der Waals surface area contributed by atoms with Gasteiger partial charge in [-0.1, -0.05) is 32.3 Å². The summed E-state index contributed by atoms with van der Waals surface area (Å²) in [6.07, 6.45) is 6.00. The van der Waals surface area contributed by atoms with Gasteiger partial charge in [-0.15, -0.1) is 12.6 Å². The van der Waals surface area contributed by atoms with E-state index in [4.69, 9.17) is 0 Å². The van der Waals surface area contributed by atoms with Gasteiger partial charge in [0, 0.05) is 16.5 Å². The van der Waals surface area contributed by atoms with Crippen LogP contribution >= 0.6 is 12.6 Å². The van der Waals surface area contributed by atoms with E-state index < -0.39 is 0 Å². The summed E-state index contributed by atoms with van der Waals surface area (Å²) in [5, 5.41) is 3.19. The molecule has 0 spiro atoms. The molecular weight excluding hydrogens is 254 g/mol. The maximum absolute atomic E-state index is 12.3. The predicted molar refractivity (Wildman–Crippen MR) is 81.9 cm³/mol. The normalized spacial score (nSPS) is 23.1. The van der Waals surface area contributed by atoms with E-state index in [-0.39, 0.29) is 5.91 Å². The summed E-state index contributed by atoms with van der Waals surface area (Å²) in [4.78, 5) is 13.2. The number of aryl methyl sites for hydroxylation is 1. The molecule has 0 heterocycles. The van der Waals surface area contributed by atoms with Crippen LogP contribution in [0.5, 0.6) is 0 Å². The summed E-state index contributed by atoms with van der Waals surface area (Å²) in [6.45, 7) is 4.21. The summed E-state index contributed by atoms with van der Waals surface area (Å²) in [5.41, 5.74) is 1.77. The minimum atomic E-state index is 0.0511. The van der Waals surface area contributed by atoms with Crippen LogP contribution in [0.2, 0.25) is 0 Å². The molecule has 1 saturated carbocycles. The lowest BCUT2D eigenvalue weighted by Gasteiger charge is -2.29. The Labute approximate surface area is 121 Å². The van der Waals surface area contributed by atoms with Crippen LogP contribution < -0.4 is 5.32 Å². The third-order valence-corrected chi connectivity index (χ3v) is 4.44. The van der Waals surface area contributed by atoms with Crippen LogP contribution in [-0.2, 0) is 0 Å². The zero-order chi connectivity index (χ0) is 13.8. The van der Waals surface area contributed by atoms with Gasteiger partial charge in [-0.3, -0.25) is 4.79 Å². The molecular formula is C16H23NOS. The van der Waals surface area contributed by atoms with Crippen molar-refractivity contribution >= 4 is 18.5 Å². The molecule has 0 aromatic heterocycles. The predicted octanol–water partition coefficient (Wildman–Crippen LogP) is 3.98. The first kappa shape index (κ1) is 14.4. The maximum Gasteiger partial charge on any atom is 0.251 e. The van der Waals surface area contributed by atoms with Crippen LogP contribution in [0, 0.1) is 12.8 Å². The standard InChI is InChI=1S/C16H23NOS/c1-3-12-5-4-6-13(9-12)17-16(18)15-10-14(19)8-7-11(15)2/h7-8,10,12-13,19H,3-6,9H2,1-2H3,(H,17,18). The lowest BCUT2D eigenvalue weighted by molar-refractivity contribution is 0.0918. The van der Waals surface area contributed by atoms with E-state index in [1.807, 2.05) is 25.1 Å². The third kappa shape index (κ3) is 3.75. The van der Waals surface area contributed by atoms with Crippen molar-refractivity contribution in [3.63, 3.8) is 0 Å². The molecule has 0 bridgehead atoms. The van der Waals surface area contributed by atoms with Crippen molar-refractivity contribution in [3.8, 4) is 0 Å². The molecule has 2 atom stereocenters. The second kappa shape index (κ2) is 6.47. The minimum Gasteiger partial charge on any atom is -0.349 e. The number of nitrogens with one attached hydrogen (secondary N) is 1. The molecule has 1 N–H and O–H groups in total. The van der Waals surface area contributed by atoms with Gasteiger partial charge in [-0.25, -0.2) is 0 Å². The van der Waals surface area contributed by atoms with Crippen molar-refractivity contribution in [2.24, 2.45) is 5.92 Å². The van der Waals surface area contributed by atoms with Crippen LogP contribution in [0.15, 0.2) is 23.1 Å². The molecule has 2 unspecified atom stereocenters. The number of hydrogen-bond acceptors (Lipinski definition) is 2. The summed E-state index contributed by atoms with van der Waals surface area (Å²) in [6, 6.07) is 6.07. The number of thiol groups is 1. The van der Waals surface area contributed by atoms with Gasteiger partial charge in [0.1, 0.15) is 0 Å². The average Bonchev–Trinajstić information content (AvgIpc) is 2.41. The van der Waals surface area contributed by atoms with Gasteiger partial charge in [0.2, 0.25) is 0 Å². The molecule has 2 rings (SSSR count). The maximum atomic E-state index is 12.3. The molecule has 3 heteroatoms. The van der Waals surface area contributed by atoms with E-state index in [0.717, 1.165) is 34.8 Å². The molecule has 0 radical (unpaired) electrons. The second-order valence-electron chi connectivity index (χ2n) is 5.61. The van der Waals surface area contributed by atoms with Gasteiger partial charge in [0.05, 0.1) is 0 Å². The Hall–Kier alpha value is -0.960. The monoisotopic (exact) mass is 277 g/mol. The first-order valence-electron chi connectivity index (χ1n) is 7.20. The molecule has 104 valence electrons. The van der Waals surface area contributed by atoms with E-state index in [9.17, 15) is 4.79 Å². The molecule has 1 aromatic rings. The van der Waals surface area contributed by atoms with Gasteiger partial charge < -0.3 is 5.32 Å². The molecule has 1 amide bonds. The Bertz CT molecular complexity index is 458. The van der Waals surface area contributed by atoms with Crippen LogP contribution in [0.4, 0.5) is 0 Å². The third-order valence-electron chi connectivity index (χ3n) is 4.16. The quantitative estimate of drug-likeness (QED) is 0.804. The highest BCUT2D eigenvalue weighted by atomic mass is 32.1. The van der Waals surface area contributed by atoms with Crippen molar-refractivity contribution in [2.75, 3.05) is 0 Å². The molecule has 0 saturated heterocycles. The van der Waals surface area contributed by atoms with Gasteiger partial charge in [0.15, 0.2) is 0 Å². The zero-order valence-corrected chi connectivity index (χ0v) is 12.7. The number of carbonyl (C=O) groups is 1. The number of rotatable bonds is 3. The topological polar surface area (TPSA) is 29.1 Å². The van der Waals surface area contributed by atoms with Gasteiger partial charge >= 0.3 is 0 Å². The highest BCUT2D eigenvalue weighted by molar-refractivity contribution is 7.80. The fourth-order valence-electron chi connectivity index (χ4n) is 2.91. The summed E-state index contributed by atoms with van der Waals surface area (Å²) in [7, 11) is 0. The molecule has 0 aliphatic heterocycles. The Morgan fingerprint density at radius 3 is 2.95 bits per heavy atom. The van der Waals surface area contributed by atoms with E-state index in [1.54, 1.807) is 0 Å². The molecule has 1 fully saturated rings. The Balaban J connectivity index is 2.02. The molecule has 19 heavy (non-hydrogen) atoms. The SMILES string of the molecule is CCC1CCCC(NC(=O)c2cc(S)ccc2C)C1. The first-order valence-corrected chi connectivity index (χ1v) is 7.65. The zero-order valence-electron chi connectivity index (χ0n) is 11.8. The lowest BCUT2D eigenvalue weighted by atomic mass is 9.84. The van der Waals surface area contributed by atoms with Crippen molar-refractivity contribution in [1.29, 1.82) is 0 Å². The summed E-state index contributed by atoms with van der Waals surface area (Å²) >= 11 is 4.31. The fourth-order valence-corrected chi connectivity index (χ4v) is 3.11. The average molecular weight is 277 g/mol. The van der Waals surface area contributed by atoms with Crippen molar-refractivity contribution in [2.45, 2.75) is 56.9 Å². The van der Waals surface area contributed by atoms with Crippen molar-refractivity contribution in [1.82, 2.24) is 5.32 Å². The van der Waals surface area contributed by atoms with Crippen LogP contribution in [0.1, 0.15) is 54.9 Å². The smallest absolute Gasteiger partial charge is 0.251 e. The Morgan fingerprint density at radius 1 is 1.42 bits per heavy atom. The number of hydrogen-bond donors (Lipinski definition) is 2. The van der Waals surface area contributed by atoms with Gasteiger partial charge in [0.25, 0.3) is 5.91 Å². The Morgan fingerprint density at radius 2 is 2.21 bits per heavy atom. The van der Waals surface area contributed by atoms with Gasteiger partial charge in [-0.05, 0) is 43.4 Å². The lowest BCUT2D eigenvalue weighted by Crippen LogP contribution is -2.38. The highest BCUT2D eigenvalue weighted by Gasteiger charge is 2.22. The molecule has 1 aliphatic rings. The van der Waals surface area contributed by atoms with Crippen LogP contribution in [0.3, 0.4) is 0 Å². The number of benzene rings is 1. The fraction of sp³-hybridized carbons (Fsp3) is 0.562. The molecule has 2 nitrogen and oxygen atoms in total. The first-order chi connectivity index (χ1) is 9.10. The highest BCUT2D eigenvalue weighted by Crippen LogP contribution is 2.27. The molecule has 1 aromatic carbocycles. The van der Waals surface area contributed by atoms with Crippen molar-refractivity contribution in [3.05, 3.63) is 29.3 Å². The summed E-state index contributed by atoms with van der Waals surface area (Å²) in [5.74, 6) is 0.825. The largest absolute Gasteiger partial charge is 0.349 e. The Kier molecular flexibility index (Phi) is 4.92. The van der Waals surface area contributed by atoms with E-state index in [0.29, 0.717) is 6.04 Å². The minimum absolute atomic E-state index is 0.0511. The second-order valence-corrected chi connectivity index (χ2v) is 6.13. The molecule has 1 aliphatic carbocycles. The van der Waals surface area contributed by atoms with Gasteiger partial charge in [-0.2, -0.15) is 0 Å². The van der Waals surface area contributed by atoms with Crippen LogP contribution in [-0.4, -0.2) is 11.9 Å². The number of amides is 1. The summed E-state index contributed by atoms with van der Waals surface area (Å²) < 4.78 is 0.